The maximum Gasteiger partial charge on any atom is 0.227 e. The van der Waals surface area contributed by atoms with E-state index in [1.54, 1.807) is 0 Å². The lowest BCUT2D eigenvalue weighted by Gasteiger charge is -2.50. The smallest absolute Gasteiger partial charge is 0.227 e. The molecule has 4 saturated heterocycles. The molecule has 4 aliphatic heterocycles. The number of nitrogens with zero attached hydrogens (tertiary/aromatic N) is 5. The molecule has 6 rings (SSSR count). The Morgan fingerprint density at radius 3 is 2.67 bits per heavy atom. The van der Waals surface area contributed by atoms with E-state index in [-0.39, 0.29) is 23.7 Å². The van der Waals surface area contributed by atoms with Gasteiger partial charge in [0, 0.05) is 31.6 Å². The summed E-state index contributed by atoms with van der Waals surface area (Å²) in [5.41, 5.74) is 7.79. The number of piperidine rings is 4. The van der Waals surface area contributed by atoms with Gasteiger partial charge in [-0.2, -0.15) is 0 Å². The SMILES string of the molecule is NC(=O)C1CCN(C(=O)[C@H]2CN3CC[C@H]2C[C@@H]3Cn2cc(C3=CCCC3)nn2)CC1. The summed E-state index contributed by atoms with van der Waals surface area (Å²) in [6.45, 7) is 4.08. The minimum absolute atomic E-state index is 0.0717. The molecular formula is C22H32N6O2. The Labute approximate surface area is 177 Å². The van der Waals surface area contributed by atoms with Gasteiger partial charge in [-0.25, -0.2) is 0 Å². The fourth-order valence-corrected chi connectivity index (χ4v) is 5.88. The molecule has 5 aliphatic rings. The van der Waals surface area contributed by atoms with Crippen molar-refractivity contribution in [2.45, 2.75) is 57.5 Å². The Kier molecular flexibility index (Phi) is 5.35. The minimum Gasteiger partial charge on any atom is -0.369 e. The van der Waals surface area contributed by atoms with E-state index in [1.807, 2.05) is 9.58 Å². The molecule has 2 amide bonds. The zero-order valence-electron chi connectivity index (χ0n) is 17.6. The van der Waals surface area contributed by atoms with Crippen LogP contribution in [0.5, 0.6) is 0 Å². The topological polar surface area (TPSA) is 97.3 Å². The summed E-state index contributed by atoms with van der Waals surface area (Å²) in [6.07, 6.45) is 11.4. The molecule has 162 valence electrons. The lowest BCUT2D eigenvalue weighted by molar-refractivity contribution is -0.146. The second-order valence-corrected chi connectivity index (χ2v) is 9.49. The molecule has 1 aromatic heterocycles. The number of nitrogens with two attached hydrogens (primary N) is 1. The van der Waals surface area contributed by atoms with Crippen molar-refractivity contribution in [3.05, 3.63) is 18.0 Å². The third-order valence-corrected chi connectivity index (χ3v) is 7.71. The van der Waals surface area contributed by atoms with E-state index < -0.39 is 0 Å². The fraction of sp³-hybridized carbons (Fsp3) is 0.727. The summed E-state index contributed by atoms with van der Waals surface area (Å²) >= 11 is 0. The van der Waals surface area contributed by atoms with Crippen LogP contribution in [0.25, 0.3) is 5.57 Å². The van der Waals surface area contributed by atoms with E-state index in [9.17, 15) is 9.59 Å². The first-order valence-electron chi connectivity index (χ1n) is 11.5. The van der Waals surface area contributed by atoms with Crippen LogP contribution < -0.4 is 5.73 Å². The van der Waals surface area contributed by atoms with Gasteiger partial charge in [0.25, 0.3) is 0 Å². The van der Waals surface area contributed by atoms with Crippen LogP contribution in [-0.4, -0.2) is 68.8 Å². The molecule has 8 heteroatoms. The first-order valence-corrected chi connectivity index (χ1v) is 11.5. The van der Waals surface area contributed by atoms with E-state index in [4.69, 9.17) is 5.73 Å². The number of aromatic nitrogens is 3. The third kappa shape index (κ3) is 3.77. The Balaban J connectivity index is 1.18. The van der Waals surface area contributed by atoms with Gasteiger partial charge in [-0.3, -0.25) is 19.2 Å². The van der Waals surface area contributed by atoms with Crippen LogP contribution >= 0.6 is 0 Å². The number of rotatable bonds is 5. The number of allylic oxidation sites excluding steroid dienone is 2. The molecule has 0 spiro atoms. The maximum absolute atomic E-state index is 13.2. The highest BCUT2D eigenvalue weighted by Crippen LogP contribution is 2.38. The molecule has 0 saturated carbocycles. The van der Waals surface area contributed by atoms with E-state index in [0.717, 1.165) is 51.0 Å². The van der Waals surface area contributed by atoms with Gasteiger partial charge in [-0.15, -0.1) is 5.10 Å². The van der Waals surface area contributed by atoms with Crippen LogP contribution in [0.4, 0.5) is 0 Å². The first kappa shape index (κ1) is 19.7. The summed E-state index contributed by atoms with van der Waals surface area (Å²) in [6, 6.07) is 0.431. The van der Waals surface area contributed by atoms with Crippen molar-refractivity contribution in [3.8, 4) is 0 Å². The minimum atomic E-state index is -0.228. The van der Waals surface area contributed by atoms with Crippen LogP contribution in [0.15, 0.2) is 12.3 Å². The number of hydrogen-bond donors (Lipinski definition) is 1. The molecule has 8 nitrogen and oxygen atoms in total. The number of carbonyl (C=O) groups is 2. The second kappa shape index (κ2) is 8.13. The molecule has 1 aliphatic carbocycles. The molecule has 1 aromatic rings. The van der Waals surface area contributed by atoms with Crippen molar-refractivity contribution in [2.24, 2.45) is 23.5 Å². The van der Waals surface area contributed by atoms with E-state index >= 15 is 0 Å². The van der Waals surface area contributed by atoms with Crippen LogP contribution in [-0.2, 0) is 16.1 Å². The number of carbonyl (C=O) groups excluding carboxylic acids is 2. The summed E-state index contributed by atoms with van der Waals surface area (Å²) in [5.74, 6) is 0.519. The molecule has 5 heterocycles. The van der Waals surface area contributed by atoms with Crippen molar-refractivity contribution in [1.82, 2.24) is 24.8 Å². The lowest BCUT2D eigenvalue weighted by atomic mass is 9.74. The van der Waals surface area contributed by atoms with Gasteiger partial charge >= 0.3 is 0 Å². The summed E-state index contributed by atoms with van der Waals surface area (Å²) < 4.78 is 1.99. The van der Waals surface area contributed by atoms with Gasteiger partial charge in [0.15, 0.2) is 0 Å². The van der Waals surface area contributed by atoms with Crippen molar-refractivity contribution < 1.29 is 9.59 Å². The molecule has 4 atom stereocenters. The maximum atomic E-state index is 13.2. The highest BCUT2D eigenvalue weighted by atomic mass is 16.2. The predicted molar refractivity (Wildman–Crippen MR) is 112 cm³/mol. The molecule has 0 radical (unpaired) electrons. The largest absolute Gasteiger partial charge is 0.369 e. The van der Waals surface area contributed by atoms with Gasteiger partial charge < -0.3 is 10.6 Å². The normalized spacial score (nSPS) is 31.7. The first-order chi connectivity index (χ1) is 14.6. The Morgan fingerprint density at radius 2 is 2.00 bits per heavy atom. The molecular weight excluding hydrogens is 380 g/mol. The molecule has 30 heavy (non-hydrogen) atoms. The number of primary amides is 1. The van der Waals surface area contributed by atoms with Crippen molar-refractivity contribution in [2.75, 3.05) is 26.2 Å². The molecule has 1 unspecified atom stereocenters. The Morgan fingerprint density at radius 1 is 1.17 bits per heavy atom. The van der Waals surface area contributed by atoms with Gasteiger partial charge in [0.2, 0.25) is 11.8 Å². The van der Waals surface area contributed by atoms with Gasteiger partial charge in [-0.1, -0.05) is 11.3 Å². The predicted octanol–water partition coefficient (Wildman–Crippen LogP) is 1.28. The van der Waals surface area contributed by atoms with Crippen molar-refractivity contribution >= 4 is 17.4 Å². The van der Waals surface area contributed by atoms with Gasteiger partial charge in [0.05, 0.1) is 18.7 Å². The molecule has 2 N–H and O–H groups in total. The lowest BCUT2D eigenvalue weighted by Crippen LogP contribution is -2.59. The fourth-order valence-electron chi connectivity index (χ4n) is 5.88. The van der Waals surface area contributed by atoms with Crippen LogP contribution in [0.1, 0.15) is 50.6 Å². The quantitative estimate of drug-likeness (QED) is 0.786. The zero-order chi connectivity index (χ0) is 20.7. The number of fused-ring (bicyclic) bond motifs is 3. The van der Waals surface area contributed by atoms with E-state index in [0.29, 0.717) is 37.9 Å². The highest BCUT2D eigenvalue weighted by molar-refractivity contribution is 5.81. The second-order valence-electron chi connectivity index (χ2n) is 9.49. The van der Waals surface area contributed by atoms with Crippen molar-refractivity contribution in [1.29, 1.82) is 0 Å². The average molecular weight is 413 g/mol. The Bertz CT molecular complexity index is 840. The molecule has 0 aromatic carbocycles. The van der Waals surface area contributed by atoms with Crippen molar-refractivity contribution in [3.63, 3.8) is 0 Å². The summed E-state index contributed by atoms with van der Waals surface area (Å²) in [7, 11) is 0. The van der Waals surface area contributed by atoms with Crippen LogP contribution in [0, 0.1) is 17.8 Å². The van der Waals surface area contributed by atoms with Crippen LogP contribution in [0.3, 0.4) is 0 Å². The number of hydrogen-bond acceptors (Lipinski definition) is 5. The van der Waals surface area contributed by atoms with Crippen LogP contribution in [0.2, 0.25) is 0 Å². The van der Waals surface area contributed by atoms with Gasteiger partial charge in [0.1, 0.15) is 5.69 Å². The van der Waals surface area contributed by atoms with Gasteiger partial charge in [-0.05, 0) is 63.0 Å². The highest BCUT2D eigenvalue weighted by Gasteiger charge is 2.45. The number of amides is 2. The zero-order valence-corrected chi connectivity index (χ0v) is 17.6. The monoisotopic (exact) mass is 412 g/mol. The third-order valence-electron chi connectivity index (χ3n) is 7.71. The standard InChI is InChI=1S/C22H32N6O2/c23-21(29)16-5-8-26(9-6-16)22(30)19-13-27-10-7-17(19)11-18(27)12-28-14-20(24-25-28)15-3-1-2-4-15/h3,14,16-19H,1-2,4-13H2,(H2,23,29)/t17-,18+,19-/m0/s1. The molecule has 2 bridgehead atoms. The summed E-state index contributed by atoms with van der Waals surface area (Å²) in [5, 5.41) is 8.75. The number of likely N-dealkylation sites (tertiary alicyclic amines) is 1. The van der Waals surface area contributed by atoms with E-state index in [2.05, 4.69) is 27.5 Å². The molecule has 4 fully saturated rings. The average Bonchev–Trinajstić information content (AvgIpc) is 3.46. The van der Waals surface area contributed by atoms with E-state index in [1.165, 1.54) is 12.0 Å². The Hall–Kier alpha value is -2.22. The summed E-state index contributed by atoms with van der Waals surface area (Å²) in [4.78, 5) is 29.0.